The van der Waals surface area contributed by atoms with Gasteiger partial charge in [-0.25, -0.2) is 0 Å². The predicted octanol–water partition coefficient (Wildman–Crippen LogP) is 2.54. The number of hydrogen-bond donors (Lipinski definition) is 2. The number of hydrogen-bond acceptors (Lipinski definition) is 3. The number of rotatable bonds is 7. The van der Waals surface area contributed by atoms with E-state index >= 15 is 0 Å². The smallest absolute Gasteiger partial charge is 0.216 e. The first kappa shape index (κ1) is 17.7. The molecule has 0 bridgehead atoms. The third-order valence-electron chi connectivity index (χ3n) is 5.19. The Labute approximate surface area is 136 Å². The lowest BCUT2D eigenvalue weighted by atomic mass is 9.88. The molecule has 0 radical (unpaired) electrons. The summed E-state index contributed by atoms with van der Waals surface area (Å²) in [7, 11) is 0. The maximum absolute atomic E-state index is 11.0. The van der Waals surface area contributed by atoms with E-state index in [1.54, 1.807) is 6.92 Å². The predicted molar refractivity (Wildman–Crippen MR) is 91.9 cm³/mol. The lowest BCUT2D eigenvalue weighted by Gasteiger charge is -2.40. The number of likely N-dealkylation sites (tertiary alicyclic amines) is 1. The fourth-order valence-corrected chi connectivity index (χ4v) is 4.22. The van der Waals surface area contributed by atoms with Crippen LogP contribution >= 0.6 is 0 Å². The number of carbonyl (C=O) groups excluding carboxylic acids is 1. The number of nitrogens with one attached hydrogen (secondary N) is 2. The molecular formula is C18H35N3O. The number of piperidine rings is 1. The Kier molecular flexibility index (Phi) is 7.67. The summed E-state index contributed by atoms with van der Waals surface area (Å²) in [5.74, 6) is 0.899. The quantitative estimate of drug-likeness (QED) is 0.759. The van der Waals surface area contributed by atoms with Crippen molar-refractivity contribution in [3.63, 3.8) is 0 Å². The van der Waals surface area contributed by atoms with E-state index in [0.29, 0.717) is 6.04 Å². The van der Waals surface area contributed by atoms with Crippen molar-refractivity contribution in [2.75, 3.05) is 26.2 Å². The number of nitrogens with zero attached hydrogens (tertiary/aromatic N) is 1. The van der Waals surface area contributed by atoms with E-state index in [1.807, 2.05) is 0 Å². The van der Waals surface area contributed by atoms with Gasteiger partial charge in [0, 0.05) is 45.2 Å². The van der Waals surface area contributed by atoms with Gasteiger partial charge in [-0.05, 0) is 31.6 Å². The van der Waals surface area contributed by atoms with E-state index < -0.39 is 0 Å². The van der Waals surface area contributed by atoms with Crippen LogP contribution in [0.4, 0.5) is 0 Å². The average Bonchev–Trinajstić information content (AvgIpc) is 2.48. The molecule has 2 fully saturated rings. The lowest BCUT2D eigenvalue weighted by molar-refractivity contribution is -0.119. The van der Waals surface area contributed by atoms with Gasteiger partial charge in [-0.3, -0.25) is 9.69 Å². The summed E-state index contributed by atoms with van der Waals surface area (Å²) < 4.78 is 0. The van der Waals surface area contributed by atoms with Crippen LogP contribution in [0, 0.1) is 5.92 Å². The fraction of sp³-hybridized carbons (Fsp3) is 0.944. The standard InChI is InChI=1S/C18H35N3O/c1-3-7-16-12-18(20-17-8-5-4-6-9-17)14-21(13-16)11-10-19-15(2)22/h16-18,20H,3-14H2,1-2H3,(H,19,22). The molecule has 1 aliphatic carbocycles. The highest BCUT2D eigenvalue weighted by Crippen LogP contribution is 2.24. The van der Waals surface area contributed by atoms with Crippen LogP contribution in [-0.2, 0) is 4.79 Å². The summed E-state index contributed by atoms with van der Waals surface area (Å²) in [4.78, 5) is 13.6. The molecule has 0 spiro atoms. The van der Waals surface area contributed by atoms with Crippen molar-refractivity contribution < 1.29 is 4.79 Å². The highest BCUT2D eigenvalue weighted by Gasteiger charge is 2.28. The summed E-state index contributed by atoms with van der Waals surface area (Å²) in [6.45, 7) is 8.02. The summed E-state index contributed by atoms with van der Waals surface area (Å²) in [6, 6.07) is 1.39. The zero-order valence-electron chi connectivity index (χ0n) is 14.6. The SMILES string of the molecule is CCCC1CC(NC2CCCCC2)CN(CCNC(C)=O)C1. The highest BCUT2D eigenvalue weighted by molar-refractivity contribution is 5.72. The number of amides is 1. The Morgan fingerprint density at radius 1 is 1.14 bits per heavy atom. The van der Waals surface area contributed by atoms with E-state index in [0.717, 1.165) is 31.6 Å². The topological polar surface area (TPSA) is 44.4 Å². The largest absolute Gasteiger partial charge is 0.355 e. The number of carbonyl (C=O) groups is 1. The van der Waals surface area contributed by atoms with Crippen LogP contribution in [0.25, 0.3) is 0 Å². The molecule has 1 amide bonds. The van der Waals surface area contributed by atoms with Gasteiger partial charge in [-0.1, -0.05) is 32.6 Å². The zero-order valence-corrected chi connectivity index (χ0v) is 14.6. The normalized spacial score (nSPS) is 27.7. The molecule has 0 aromatic heterocycles. The van der Waals surface area contributed by atoms with Crippen LogP contribution in [-0.4, -0.2) is 49.1 Å². The summed E-state index contributed by atoms with van der Waals surface area (Å²) >= 11 is 0. The molecule has 2 atom stereocenters. The van der Waals surface area contributed by atoms with Gasteiger partial charge in [0.25, 0.3) is 0 Å². The van der Waals surface area contributed by atoms with E-state index in [9.17, 15) is 4.79 Å². The second-order valence-corrected chi connectivity index (χ2v) is 7.33. The van der Waals surface area contributed by atoms with Gasteiger partial charge in [-0.2, -0.15) is 0 Å². The first-order chi connectivity index (χ1) is 10.7. The Hall–Kier alpha value is -0.610. The molecule has 1 aliphatic heterocycles. The van der Waals surface area contributed by atoms with Gasteiger partial charge < -0.3 is 10.6 Å². The van der Waals surface area contributed by atoms with Crippen molar-refractivity contribution in [3.05, 3.63) is 0 Å². The lowest BCUT2D eigenvalue weighted by Crippen LogP contribution is -2.53. The van der Waals surface area contributed by atoms with Crippen LogP contribution in [0.2, 0.25) is 0 Å². The van der Waals surface area contributed by atoms with Crippen molar-refractivity contribution in [3.8, 4) is 0 Å². The molecular weight excluding hydrogens is 274 g/mol. The Morgan fingerprint density at radius 3 is 2.59 bits per heavy atom. The average molecular weight is 309 g/mol. The molecule has 2 N–H and O–H groups in total. The molecule has 22 heavy (non-hydrogen) atoms. The summed E-state index contributed by atoms with van der Waals surface area (Å²) in [5.41, 5.74) is 0. The maximum atomic E-state index is 11.0. The fourth-order valence-electron chi connectivity index (χ4n) is 4.22. The van der Waals surface area contributed by atoms with Crippen LogP contribution in [0.5, 0.6) is 0 Å². The van der Waals surface area contributed by atoms with E-state index in [-0.39, 0.29) is 5.91 Å². The summed E-state index contributed by atoms with van der Waals surface area (Å²) in [6.07, 6.45) is 10.9. The highest BCUT2D eigenvalue weighted by atomic mass is 16.1. The Balaban J connectivity index is 1.80. The second kappa shape index (κ2) is 9.51. The molecule has 128 valence electrons. The van der Waals surface area contributed by atoms with Crippen LogP contribution in [0.1, 0.15) is 65.2 Å². The second-order valence-electron chi connectivity index (χ2n) is 7.33. The molecule has 0 aromatic carbocycles. The van der Waals surface area contributed by atoms with Gasteiger partial charge in [-0.15, -0.1) is 0 Å². The molecule has 1 saturated heterocycles. The van der Waals surface area contributed by atoms with Gasteiger partial charge in [0.05, 0.1) is 0 Å². The van der Waals surface area contributed by atoms with Crippen molar-refractivity contribution in [2.24, 2.45) is 5.92 Å². The van der Waals surface area contributed by atoms with Crippen LogP contribution in [0.15, 0.2) is 0 Å². The summed E-state index contributed by atoms with van der Waals surface area (Å²) in [5, 5.41) is 6.88. The Bertz CT molecular complexity index is 328. The van der Waals surface area contributed by atoms with Gasteiger partial charge in [0.15, 0.2) is 0 Å². The van der Waals surface area contributed by atoms with E-state index in [1.165, 1.54) is 57.9 Å². The maximum Gasteiger partial charge on any atom is 0.216 e. The van der Waals surface area contributed by atoms with Crippen molar-refractivity contribution >= 4 is 5.91 Å². The van der Waals surface area contributed by atoms with Crippen molar-refractivity contribution in [2.45, 2.75) is 77.3 Å². The van der Waals surface area contributed by atoms with E-state index in [4.69, 9.17) is 0 Å². The minimum Gasteiger partial charge on any atom is -0.355 e. The van der Waals surface area contributed by atoms with E-state index in [2.05, 4.69) is 22.5 Å². The minimum atomic E-state index is 0.0824. The first-order valence-corrected chi connectivity index (χ1v) is 9.40. The molecule has 2 unspecified atom stereocenters. The first-order valence-electron chi connectivity index (χ1n) is 9.40. The van der Waals surface area contributed by atoms with Gasteiger partial charge in [0.1, 0.15) is 0 Å². The molecule has 4 heteroatoms. The third-order valence-corrected chi connectivity index (χ3v) is 5.19. The van der Waals surface area contributed by atoms with Gasteiger partial charge >= 0.3 is 0 Å². The molecule has 2 aliphatic rings. The molecule has 1 heterocycles. The molecule has 1 saturated carbocycles. The van der Waals surface area contributed by atoms with Crippen LogP contribution < -0.4 is 10.6 Å². The van der Waals surface area contributed by atoms with Gasteiger partial charge in [0.2, 0.25) is 5.91 Å². The zero-order chi connectivity index (χ0) is 15.8. The monoisotopic (exact) mass is 309 g/mol. The third kappa shape index (κ3) is 6.25. The Morgan fingerprint density at radius 2 is 1.91 bits per heavy atom. The van der Waals surface area contributed by atoms with Crippen LogP contribution in [0.3, 0.4) is 0 Å². The molecule has 0 aromatic rings. The van der Waals surface area contributed by atoms with Crippen molar-refractivity contribution in [1.82, 2.24) is 15.5 Å². The molecule has 4 nitrogen and oxygen atoms in total. The minimum absolute atomic E-state index is 0.0824. The van der Waals surface area contributed by atoms with Crippen molar-refractivity contribution in [1.29, 1.82) is 0 Å². The molecule has 2 rings (SSSR count).